The van der Waals surface area contributed by atoms with Gasteiger partial charge in [0.15, 0.2) is 0 Å². The van der Waals surface area contributed by atoms with Crippen molar-refractivity contribution in [3.8, 4) is 0 Å². The summed E-state index contributed by atoms with van der Waals surface area (Å²) < 4.78 is 4.13. The number of ketones is 2. The minimum atomic E-state index is 0.00546. The van der Waals surface area contributed by atoms with Crippen molar-refractivity contribution in [2.24, 2.45) is 3.34 Å². The summed E-state index contributed by atoms with van der Waals surface area (Å²) in [6.45, 7) is 17.7. The number of hydrogen-bond acceptors (Lipinski definition) is 6. The molecule has 3 saturated heterocycles. The maximum Gasteiger partial charge on any atom is 0.227 e. The Hall–Kier alpha value is -1.28. The Morgan fingerprint density at radius 3 is 1.68 bits per heavy atom. The number of rotatable bonds is 5. The van der Waals surface area contributed by atoms with Crippen LogP contribution in [0.4, 0.5) is 0 Å². The van der Waals surface area contributed by atoms with Gasteiger partial charge in [-0.2, -0.15) is 13.1 Å². The molecular weight excluding hydrogens is 523 g/mol. The van der Waals surface area contributed by atoms with Gasteiger partial charge in [0.2, 0.25) is 11.6 Å². The third-order valence-electron chi connectivity index (χ3n) is 4.24. The molecule has 0 N–H and O–H groups in total. The van der Waals surface area contributed by atoms with Crippen LogP contribution in [0.5, 0.6) is 0 Å². The number of nitrogens with zero attached hydrogens (tertiary/aromatic N) is 5. The molecule has 0 unspecified atom stereocenters. The van der Waals surface area contributed by atoms with E-state index in [9.17, 15) is 9.59 Å². The molecular formula is C20H32N5O2Ta-. The van der Waals surface area contributed by atoms with E-state index in [-0.39, 0.29) is 17.1 Å². The minimum Gasteiger partial charge on any atom is -0.663 e. The largest absolute Gasteiger partial charge is 0.663 e. The molecule has 155 valence electrons. The zero-order valence-corrected chi connectivity index (χ0v) is 20.9. The first-order valence-electron chi connectivity index (χ1n) is 10.0. The molecule has 8 heteroatoms. The summed E-state index contributed by atoms with van der Waals surface area (Å²) >= 11 is 1.15. The Balaban J connectivity index is 0.000000215. The van der Waals surface area contributed by atoms with Crippen molar-refractivity contribution >= 4 is 11.6 Å². The van der Waals surface area contributed by atoms with Crippen molar-refractivity contribution in [1.29, 1.82) is 0 Å². The average molecular weight is 555 g/mol. The fourth-order valence-corrected chi connectivity index (χ4v) is 2.50. The second kappa shape index (κ2) is 9.96. The zero-order chi connectivity index (χ0) is 20.9. The van der Waals surface area contributed by atoms with Crippen molar-refractivity contribution in [1.82, 2.24) is 14.7 Å². The number of carbonyl (C=O) groups excluding carboxylic acids is 2. The molecule has 0 bridgehead atoms. The van der Waals surface area contributed by atoms with Crippen LogP contribution < -0.4 is 0 Å². The summed E-state index contributed by atoms with van der Waals surface area (Å²) in [7, 11) is 0. The van der Waals surface area contributed by atoms with E-state index in [2.05, 4.69) is 29.4 Å². The number of Topliss-reactive ketones (excluding diaryl/α,β-unsaturated/α-hetero) is 1. The van der Waals surface area contributed by atoms with Gasteiger partial charge < -0.3 is 20.0 Å². The first-order valence-corrected chi connectivity index (χ1v) is 11.5. The quantitative estimate of drug-likeness (QED) is 0.384. The van der Waals surface area contributed by atoms with Gasteiger partial charge in [-0.15, -0.1) is 0 Å². The standard InChI is InChI=1S/C12H13N3O2.C4H9N.C4H10N.Ta/c16-9-7-8(13-1-2-13)12(17)11(15-5-6-15)10(9)14-3-4-14;1-4(2,3)5;1-3-5-4-2;/h7H,1-6H2;1-3H3;3-4H2,1-2H3;/q;;-1;. The van der Waals surface area contributed by atoms with E-state index in [0.29, 0.717) is 17.1 Å². The van der Waals surface area contributed by atoms with E-state index >= 15 is 0 Å². The van der Waals surface area contributed by atoms with Crippen LogP contribution in [0.25, 0.3) is 5.32 Å². The molecule has 0 aromatic heterocycles. The minimum absolute atomic E-state index is 0.00546. The number of carbonyl (C=O) groups is 2. The Kier molecular flexibility index (Phi) is 8.18. The molecule has 7 nitrogen and oxygen atoms in total. The van der Waals surface area contributed by atoms with Crippen molar-refractivity contribution in [3.63, 3.8) is 0 Å². The van der Waals surface area contributed by atoms with Gasteiger partial charge in [-0.1, -0.05) is 13.8 Å². The SMILES string of the molecule is CC(C)(C)[N]=[Ta].CC[N-]CC.O=C1C=C(N2CC2)C(=O)C(N2CC2)=C1N1CC1. The van der Waals surface area contributed by atoms with E-state index in [4.69, 9.17) is 0 Å². The van der Waals surface area contributed by atoms with Crippen LogP contribution in [-0.2, 0) is 30.5 Å². The first-order chi connectivity index (χ1) is 13.2. The molecule has 0 saturated carbocycles. The Morgan fingerprint density at radius 1 is 0.929 bits per heavy atom. The molecule has 0 aromatic rings. The molecule has 1 aliphatic carbocycles. The van der Waals surface area contributed by atoms with Gasteiger partial charge in [0.05, 0.1) is 5.70 Å². The van der Waals surface area contributed by atoms with Gasteiger partial charge in [0.1, 0.15) is 11.4 Å². The summed E-state index contributed by atoms with van der Waals surface area (Å²) in [5.74, 6) is 0.0485. The van der Waals surface area contributed by atoms with Crippen LogP contribution in [0.2, 0.25) is 0 Å². The smallest absolute Gasteiger partial charge is 0.227 e. The van der Waals surface area contributed by atoms with Crippen LogP contribution in [0.3, 0.4) is 0 Å². The molecule has 3 fully saturated rings. The summed E-state index contributed by atoms with van der Waals surface area (Å²) in [5, 5.41) is 3.97. The molecule has 0 spiro atoms. The monoisotopic (exact) mass is 555 g/mol. The molecule has 28 heavy (non-hydrogen) atoms. The zero-order valence-electron chi connectivity index (χ0n) is 17.7. The van der Waals surface area contributed by atoms with E-state index in [1.54, 1.807) is 0 Å². The van der Waals surface area contributed by atoms with E-state index < -0.39 is 0 Å². The Labute approximate surface area is 181 Å². The molecule has 4 rings (SSSR count). The average Bonchev–Trinajstić information content (AvgIpc) is 3.49. The second-order valence-electron chi connectivity index (χ2n) is 8.01. The molecule has 4 aliphatic rings. The third kappa shape index (κ3) is 6.95. The van der Waals surface area contributed by atoms with Crippen molar-refractivity contribution < 1.29 is 30.5 Å². The number of allylic oxidation sites excluding steroid dienone is 1. The Bertz CT molecular complexity index is 667. The molecule has 0 radical (unpaired) electrons. The van der Waals surface area contributed by atoms with Gasteiger partial charge in [-0.05, 0) is 0 Å². The molecule has 3 heterocycles. The second-order valence-corrected chi connectivity index (χ2v) is 8.73. The van der Waals surface area contributed by atoms with Gasteiger partial charge in [-0.25, -0.2) is 0 Å². The molecule has 3 aliphatic heterocycles. The maximum absolute atomic E-state index is 12.4. The fraction of sp³-hybridized carbons (Fsp3) is 0.700. The van der Waals surface area contributed by atoms with Crippen molar-refractivity contribution in [3.05, 3.63) is 28.5 Å². The van der Waals surface area contributed by atoms with Gasteiger partial charge in [0, 0.05) is 45.3 Å². The third-order valence-corrected chi connectivity index (χ3v) is 6.39. The predicted octanol–water partition coefficient (Wildman–Crippen LogP) is 2.10. The topological polar surface area (TPSA) is 69.6 Å². The summed E-state index contributed by atoms with van der Waals surface area (Å²) in [6, 6.07) is 0. The molecule has 0 atom stereocenters. The van der Waals surface area contributed by atoms with Gasteiger partial charge in [-0.3, -0.25) is 9.59 Å². The van der Waals surface area contributed by atoms with Crippen molar-refractivity contribution in [2.75, 3.05) is 52.4 Å². The van der Waals surface area contributed by atoms with Crippen LogP contribution in [-0.4, -0.2) is 84.2 Å². The molecule has 0 aromatic carbocycles. The summed E-state index contributed by atoms with van der Waals surface area (Å²) in [4.78, 5) is 30.5. The van der Waals surface area contributed by atoms with Gasteiger partial charge >= 0.3 is 50.5 Å². The maximum atomic E-state index is 12.4. The van der Waals surface area contributed by atoms with Crippen LogP contribution in [0.1, 0.15) is 34.6 Å². The van der Waals surface area contributed by atoms with Gasteiger partial charge in [0.25, 0.3) is 0 Å². The normalized spacial score (nSPS) is 20.0. The predicted molar refractivity (Wildman–Crippen MR) is 106 cm³/mol. The van der Waals surface area contributed by atoms with Crippen LogP contribution in [0, 0.1) is 0 Å². The van der Waals surface area contributed by atoms with E-state index in [1.807, 2.05) is 28.5 Å². The summed E-state index contributed by atoms with van der Waals surface area (Å²) in [6.07, 6.45) is 1.52. The Morgan fingerprint density at radius 2 is 1.36 bits per heavy atom. The van der Waals surface area contributed by atoms with E-state index in [1.165, 1.54) is 6.08 Å². The number of hydrogen-bond donors (Lipinski definition) is 0. The van der Waals surface area contributed by atoms with Crippen molar-refractivity contribution in [2.45, 2.75) is 40.2 Å². The van der Waals surface area contributed by atoms with Crippen LogP contribution >= 0.6 is 0 Å². The first kappa shape index (κ1) is 23.0. The van der Waals surface area contributed by atoms with Crippen LogP contribution in [0.15, 0.2) is 26.5 Å². The fourth-order valence-electron chi connectivity index (χ4n) is 2.50. The summed E-state index contributed by atoms with van der Waals surface area (Å²) in [5.41, 5.74) is 2.10. The van der Waals surface area contributed by atoms with E-state index in [0.717, 1.165) is 73.2 Å². The molecule has 0 amide bonds.